The van der Waals surface area contributed by atoms with E-state index in [4.69, 9.17) is 8.92 Å². The molecular weight excluding hydrogens is 470 g/mol. The van der Waals surface area contributed by atoms with Crippen molar-refractivity contribution in [2.75, 3.05) is 19.7 Å². The minimum atomic E-state index is -3.99. The van der Waals surface area contributed by atoms with Crippen LogP contribution in [0.1, 0.15) is 43.2 Å². The van der Waals surface area contributed by atoms with Crippen LogP contribution in [0.15, 0.2) is 59.5 Å². The average Bonchev–Trinajstić information content (AvgIpc) is 2.85. The summed E-state index contributed by atoms with van der Waals surface area (Å²) in [5, 5.41) is 9.39. The van der Waals surface area contributed by atoms with Gasteiger partial charge in [-0.15, -0.1) is 0 Å². The predicted molar refractivity (Wildman–Crippen MR) is 130 cm³/mol. The molecule has 0 radical (unpaired) electrons. The normalized spacial score (nSPS) is 15.3. The minimum Gasteiger partial charge on any atom is -0.480 e. The molecule has 0 aliphatic heterocycles. The first-order chi connectivity index (χ1) is 16.7. The number of ether oxygens (including phenoxy) is 1. The molecule has 8 nitrogen and oxygen atoms in total. The van der Waals surface area contributed by atoms with Crippen LogP contribution >= 0.6 is 0 Å². The standard InChI is InChI=1S/C26H33NO7S/c1-20-12-14-24(15-13-20)35(31,32)34-19-23(22-10-6-3-7-11-22)16-27(17-25(28)29)26(30)33-18-21-8-4-2-5-9-21/h2,4-5,8-9,12-15,22-23H,3,6-7,10-11,16-19H2,1H3,(H,28,29). The first-order valence-corrected chi connectivity index (χ1v) is 13.3. The van der Waals surface area contributed by atoms with E-state index in [0.717, 1.165) is 48.1 Å². The lowest BCUT2D eigenvalue weighted by Gasteiger charge is -2.33. The van der Waals surface area contributed by atoms with Gasteiger partial charge in [-0.05, 0) is 30.5 Å². The molecule has 0 saturated heterocycles. The summed E-state index contributed by atoms with van der Waals surface area (Å²) in [6, 6.07) is 15.5. The van der Waals surface area contributed by atoms with Gasteiger partial charge in [0, 0.05) is 12.5 Å². The van der Waals surface area contributed by atoms with Crippen LogP contribution in [0.3, 0.4) is 0 Å². The Morgan fingerprint density at radius 1 is 1.03 bits per heavy atom. The zero-order valence-electron chi connectivity index (χ0n) is 20.0. The Morgan fingerprint density at radius 3 is 2.31 bits per heavy atom. The minimum absolute atomic E-state index is 0.0161. The molecule has 1 unspecified atom stereocenters. The third kappa shape index (κ3) is 8.36. The molecule has 1 saturated carbocycles. The van der Waals surface area contributed by atoms with Crippen LogP contribution in [0.5, 0.6) is 0 Å². The number of carboxylic acids is 1. The van der Waals surface area contributed by atoms with Crippen molar-refractivity contribution in [3.63, 3.8) is 0 Å². The summed E-state index contributed by atoms with van der Waals surface area (Å²) in [5.41, 5.74) is 1.72. The Labute approximate surface area is 207 Å². The Hall–Kier alpha value is -2.91. The van der Waals surface area contributed by atoms with Crippen molar-refractivity contribution >= 4 is 22.2 Å². The number of aliphatic carboxylic acids is 1. The Morgan fingerprint density at radius 2 is 1.69 bits per heavy atom. The number of benzene rings is 2. The first kappa shape index (κ1) is 26.7. The van der Waals surface area contributed by atoms with Crippen LogP contribution in [0.2, 0.25) is 0 Å². The van der Waals surface area contributed by atoms with Gasteiger partial charge in [0.15, 0.2) is 0 Å². The topological polar surface area (TPSA) is 110 Å². The number of carbonyl (C=O) groups excluding carboxylic acids is 1. The smallest absolute Gasteiger partial charge is 0.410 e. The van der Waals surface area contributed by atoms with E-state index in [1.165, 1.54) is 12.1 Å². The zero-order valence-corrected chi connectivity index (χ0v) is 20.8. The van der Waals surface area contributed by atoms with Crippen molar-refractivity contribution < 1.29 is 32.0 Å². The van der Waals surface area contributed by atoms with Crippen LogP contribution in [0, 0.1) is 18.8 Å². The van der Waals surface area contributed by atoms with Crippen LogP contribution in [0.25, 0.3) is 0 Å². The van der Waals surface area contributed by atoms with Crippen LogP contribution in [0.4, 0.5) is 4.79 Å². The molecule has 1 atom stereocenters. The molecule has 1 N–H and O–H groups in total. The van der Waals surface area contributed by atoms with E-state index in [1.54, 1.807) is 12.1 Å². The quantitative estimate of drug-likeness (QED) is 0.446. The molecule has 3 rings (SSSR count). The Kier molecular flexibility index (Phi) is 9.68. The highest BCUT2D eigenvalue weighted by Gasteiger charge is 2.31. The molecule has 1 aliphatic rings. The number of hydrogen-bond acceptors (Lipinski definition) is 6. The fourth-order valence-corrected chi connectivity index (χ4v) is 5.31. The molecule has 2 aromatic rings. The largest absolute Gasteiger partial charge is 0.480 e. The summed E-state index contributed by atoms with van der Waals surface area (Å²) in [6.45, 7) is 1.24. The van der Waals surface area contributed by atoms with Crippen molar-refractivity contribution in [3.8, 4) is 0 Å². The van der Waals surface area contributed by atoms with E-state index in [9.17, 15) is 23.1 Å². The molecular formula is C26H33NO7S. The second-order valence-electron chi connectivity index (χ2n) is 9.02. The van der Waals surface area contributed by atoms with E-state index >= 15 is 0 Å². The Balaban J connectivity index is 1.72. The lowest BCUT2D eigenvalue weighted by Crippen LogP contribution is -2.42. The van der Waals surface area contributed by atoms with Crippen molar-refractivity contribution in [2.24, 2.45) is 11.8 Å². The van der Waals surface area contributed by atoms with Gasteiger partial charge in [0.1, 0.15) is 13.2 Å². The summed E-state index contributed by atoms with van der Waals surface area (Å²) >= 11 is 0. The highest BCUT2D eigenvalue weighted by atomic mass is 32.2. The molecule has 0 bridgehead atoms. The maximum atomic E-state index is 12.8. The molecule has 0 aromatic heterocycles. The number of nitrogens with zero attached hydrogens (tertiary/aromatic N) is 1. The molecule has 1 aliphatic carbocycles. The van der Waals surface area contributed by atoms with Crippen molar-refractivity contribution in [2.45, 2.75) is 50.5 Å². The summed E-state index contributed by atoms with van der Waals surface area (Å²) in [5.74, 6) is -1.40. The molecule has 1 amide bonds. The van der Waals surface area contributed by atoms with E-state index in [2.05, 4.69) is 0 Å². The molecule has 2 aromatic carbocycles. The van der Waals surface area contributed by atoms with Gasteiger partial charge < -0.3 is 9.84 Å². The van der Waals surface area contributed by atoms with Crippen LogP contribution < -0.4 is 0 Å². The Bertz CT molecular complexity index is 1060. The molecule has 0 heterocycles. The molecule has 9 heteroatoms. The number of carbonyl (C=O) groups is 2. The number of aryl methyl sites for hydroxylation is 1. The van der Waals surface area contributed by atoms with E-state index < -0.39 is 28.7 Å². The highest BCUT2D eigenvalue weighted by molar-refractivity contribution is 7.86. The maximum Gasteiger partial charge on any atom is 0.410 e. The van der Waals surface area contributed by atoms with Gasteiger partial charge in [-0.2, -0.15) is 8.42 Å². The summed E-state index contributed by atoms with van der Waals surface area (Å²) < 4.78 is 36.3. The van der Waals surface area contributed by atoms with E-state index in [-0.39, 0.29) is 36.5 Å². The number of carboxylic acid groups (broad SMARTS) is 1. The SMILES string of the molecule is Cc1ccc(S(=O)(=O)OCC(CN(CC(=O)O)C(=O)OCc2ccccc2)C2CCCCC2)cc1. The fourth-order valence-electron chi connectivity index (χ4n) is 4.35. The monoisotopic (exact) mass is 503 g/mol. The van der Waals surface area contributed by atoms with Gasteiger partial charge in [-0.25, -0.2) is 4.79 Å². The van der Waals surface area contributed by atoms with Gasteiger partial charge >= 0.3 is 12.1 Å². The van der Waals surface area contributed by atoms with Gasteiger partial charge in [0.25, 0.3) is 10.1 Å². The predicted octanol–water partition coefficient (Wildman–Crippen LogP) is 4.62. The summed E-state index contributed by atoms with van der Waals surface area (Å²) in [7, 11) is -3.99. The van der Waals surface area contributed by atoms with E-state index in [0.29, 0.717) is 0 Å². The first-order valence-electron chi connectivity index (χ1n) is 11.9. The summed E-state index contributed by atoms with van der Waals surface area (Å²) in [4.78, 5) is 25.5. The van der Waals surface area contributed by atoms with Crippen molar-refractivity contribution in [3.05, 3.63) is 65.7 Å². The number of amides is 1. The lowest BCUT2D eigenvalue weighted by atomic mass is 9.80. The zero-order chi connectivity index (χ0) is 25.3. The summed E-state index contributed by atoms with van der Waals surface area (Å²) in [6.07, 6.45) is 4.10. The van der Waals surface area contributed by atoms with Gasteiger partial charge in [-0.1, -0.05) is 80.1 Å². The van der Waals surface area contributed by atoms with Gasteiger partial charge in [0.05, 0.1) is 11.5 Å². The number of hydrogen-bond donors (Lipinski definition) is 1. The lowest BCUT2D eigenvalue weighted by molar-refractivity contribution is -0.138. The molecule has 1 fully saturated rings. The molecule has 0 spiro atoms. The highest BCUT2D eigenvalue weighted by Crippen LogP contribution is 2.32. The van der Waals surface area contributed by atoms with Crippen molar-refractivity contribution in [1.82, 2.24) is 4.90 Å². The third-order valence-electron chi connectivity index (χ3n) is 6.31. The average molecular weight is 504 g/mol. The van der Waals surface area contributed by atoms with E-state index in [1.807, 2.05) is 37.3 Å². The third-order valence-corrected chi connectivity index (χ3v) is 7.60. The molecule has 35 heavy (non-hydrogen) atoms. The fraction of sp³-hybridized carbons (Fsp3) is 0.462. The second kappa shape index (κ2) is 12.7. The number of rotatable bonds is 11. The maximum absolute atomic E-state index is 12.8. The van der Waals surface area contributed by atoms with Gasteiger partial charge in [0.2, 0.25) is 0 Å². The van der Waals surface area contributed by atoms with Crippen LogP contribution in [-0.4, -0.2) is 50.2 Å². The molecule has 190 valence electrons. The van der Waals surface area contributed by atoms with Gasteiger partial charge in [-0.3, -0.25) is 13.9 Å². The van der Waals surface area contributed by atoms with Crippen molar-refractivity contribution in [1.29, 1.82) is 0 Å². The second-order valence-corrected chi connectivity index (χ2v) is 10.6. The van der Waals surface area contributed by atoms with Crippen LogP contribution in [-0.2, 0) is 30.4 Å².